The first kappa shape index (κ1) is 5.56. The molecule has 1 rings (SSSR count). The van der Waals surface area contributed by atoms with E-state index < -0.39 is 5.97 Å². The number of nitrogens with one attached hydrogen (secondary N) is 1. The summed E-state index contributed by atoms with van der Waals surface area (Å²) in [5.41, 5.74) is 0. The molecule has 0 unspecified atom stereocenters. The highest BCUT2D eigenvalue weighted by molar-refractivity contribution is 5.73. The van der Waals surface area contributed by atoms with Gasteiger partial charge in [0, 0.05) is 0 Å². The van der Waals surface area contributed by atoms with E-state index in [9.17, 15) is 4.79 Å². The van der Waals surface area contributed by atoms with Gasteiger partial charge in [-0.15, -0.1) is 0 Å². The van der Waals surface area contributed by atoms with Crippen LogP contribution < -0.4 is 5.32 Å². The summed E-state index contributed by atoms with van der Waals surface area (Å²) in [6.45, 7) is 0.858. The van der Waals surface area contributed by atoms with Gasteiger partial charge in [-0.05, 0) is 19.4 Å². The lowest BCUT2D eigenvalue weighted by Gasteiger charge is -1.99. The van der Waals surface area contributed by atoms with E-state index in [4.69, 9.17) is 5.11 Å². The lowest BCUT2D eigenvalue weighted by Crippen LogP contribution is -2.29. The molecule has 1 saturated heterocycles. The molecular weight excluding hydrogens is 107 g/mol. The van der Waals surface area contributed by atoms with Crippen LogP contribution in [0.2, 0.25) is 0 Å². The molecule has 0 spiro atoms. The lowest BCUT2D eigenvalue weighted by molar-refractivity contribution is -0.139. The largest absolute Gasteiger partial charge is 0.480 e. The number of carboxylic acid groups (broad SMARTS) is 1. The molecule has 1 fully saturated rings. The third kappa shape index (κ3) is 0.980. The second kappa shape index (κ2) is 2.13. The topological polar surface area (TPSA) is 49.3 Å². The Morgan fingerprint density at radius 2 is 2.50 bits per heavy atom. The lowest BCUT2D eigenvalue weighted by atomic mass is 10.3. The molecular formula is C5H9NO2. The Morgan fingerprint density at radius 3 is 2.75 bits per heavy atom. The Morgan fingerprint density at radius 1 is 1.75 bits per heavy atom. The van der Waals surface area contributed by atoms with Crippen LogP contribution in [0.25, 0.3) is 0 Å². The van der Waals surface area contributed by atoms with Gasteiger partial charge in [0.25, 0.3) is 0 Å². The summed E-state index contributed by atoms with van der Waals surface area (Å²) < 4.78 is 0. The predicted octanol–water partition coefficient (Wildman–Crippen LogP) is -0.177. The number of hydrogen-bond donors (Lipinski definition) is 2. The first-order valence-corrected chi connectivity index (χ1v) is 2.77. The van der Waals surface area contributed by atoms with Gasteiger partial charge in [-0.3, -0.25) is 4.79 Å². The molecule has 0 aromatic heterocycles. The number of carboxylic acids is 1. The van der Waals surface area contributed by atoms with Crippen LogP contribution in [0, 0.1) is 0 Å². The van der Waals surface area contributed by atoms with Crippen LogP contribution >= 0.6 is 0 Å². The molecule has 0 aliphatic carbocycles. The zero-order valence-electron chi connectivity index (χ0n) is 4.55. The van der Waals surface area contributed by atoms with Gasteiger partial charge < -0.3 is 10.4 Å². The highest BCUT2D eigenvalue weighted by Gasteiger charge is 2.20. The standard InChI is InChI=1S/C5H9NO2/c7-5(8)4-2-1-3-6-4/h4,6H,1-3H2,(H,7,8)/t4-/m0/s1/i5+1. The molecule has 0 aromatic rings. The minimum Gasteiger partial charge on any atom is -0.480 e. The Kier molecular flexibility index (Phi) is 1.48. The van der Waals surface area contributed by atoms with Crippen molar-refractivity contribution in [2.75, 3.05) is 6.54 Å². The Bertz CT molecular complexity index is 96.6. The fraction of sp³-hybridized carbons (Fsp3) is 0.800. The first-order valence-electron chi connectivity index (χ1n) is 2.77. The van der Waals surface area contributed by atoms with E-state index in [-0.39, 0.29) is 6.04 Å². The van der Waals surface area contributed by atoms with E-state index in [1.807, 2.05) is 0 Å². The fourth-order valence-corrected chi connectivity index (χ4v) is 0.895. The van der Waals surface area contributed by atoms with Crippen LogP contribution in [-0.2, 0) is 4.79 Å². The van der Waals surface area contributed by atoms with Crippen molar-refractivity contribution < 1.29 is 9.90 Å². The number of hydrogen-bond acceptors (Lipinski definition) is 2. The van der Waals surface area contributed by atoms with E-state index in [0.717, 1.165) is 19.4 Å². The van der Waals surface area contributed by atoms with Gasteiger partial charge in [-0.25, -0.2) is 0 Å². The molecule has 8 heavy (non-hydrogen) atoms. The van der Waals surface area contributed by atoms with E-state index in [2.05, 4.69) is 5.32 Å². The van der Waals surface area contributed by atoms with Crippen molar-refractivity contribution in [3.8, 4) is 0 Å². The van der Waals surface area contributed by atoms with E-state index in [0.29, 0.717) is 0 Å². The van der Waals surface area contributed by atoms with Crippen LogP contribution in [0.4, 0.5) is 0 Å². The SMILES string of the molecule is O=[13C](O)[C@@H]1CCCN1. The van der Waals surface area contributed by atoms with Crippen LogP contribution in [-0.4, -0.2) is 23.7 Å². The van der Waals surface area contributed by atoms with Crippen LogP contribution in [0.1, 0.15) is 12.8 Å². The van der Waals surface area contributed by atoms with E-state index in [1.54, 1.807) is 0 Å². The number of rotatable bonds is 1. The Labute approximate surface area is 47.7 Å². The molecule has 1 heterocycles. The van der Waals surface area contributed by atoms with Gasteiger partial charge in [-0.2, -0.15) is 0 Å². The molecule has 0 saturated carbocycles. The van der Waals surface area contributed by atoms with Gasteiger partial charge in [0.15, 0.2) is 0 Å². The normalized spacial score (nSPS) is 28.2. The maximum atomic E-state index is 10.1. The summed E-state index contributed by atoms with van der Waals surface area (Å²) >= 11 is 0. The molecule has 3 heteroatoms. The molecule has 3 nitrogen and oxygen atoms in total. The van der Waals surface area contributed by atoms with Crippen molar-refractivity contribution in [1.29, 1.82) is 0 Å². The molecule has 1 aliphatic rings. The average molecular weight is 116 g/mol. The second-order valence-electron chi connectivity index (χ2n) is 1.99. The smallest absolute Gasteiger partial charge is 0.320 e. The van der Waals surface area contributed by atoms with E-state index >= 15 is 0 Å². The second-order valence-corrected chi connectivity index (χ2v) is 1.99. The van der Waals surface area contributed by atoms with Crippen molar-refractivity contribution >= 4 is 5.97 Å². The summed E-state index contributed by atoms with van der Waals surface area (Å²) in [5, 5.41) is 11.2. The first-order chi connectivity index (χ1) is 3.80. The van der Waals surface area contributed by atoms with Crippen LogP contribution in [0.5, 0.6) is 0 Å². The highest BCUT2D eigenvalue weighted by Crippen LogP contribution is 2.03. The molecule has 46 valence electrons. The third-order valence-corrected chi connectivity index (χ3v) is 1.36. The summed E-state index contributed by atoms with van der Waals surface area (Å²) in [5.74, 6) is -0.720. The van der Waals surface area contributed by atoms with Crippen molar-refractivity contribution in [1.82, 2.24) is 5.32 Å². The molecule has 1 atom stereocenters. The molecule has 0 aromatic carbocycles. The van der Waals surface area contributed by atoms with Crippen molar-refractivity contribution in [2.24, 2.45) is 0 Å². The Balaban J connectivity index is 2.35. The van der Waals surface area contributed by atoms with Crippen LogP contribution in [0.3, 0.4) is 0 Å². The van der Waals surface area contributed by atoms with Gasteiger partial charge >= 0.3 is 5.97 Å². The van der Waals surface area contributed by atoms with Gasteiger partial charge in [0.2, 0.25) is 0 Å². The van der Waals surface area contributed by atoms with Gasteiger partial charge in [0.05, 0.1) is 0 Å². The van der Waals surface area contributed by atoms with Crippen LogP contribution in [0.15, 0.2) is 0 Å². The zero-order valence-corrected chi connectivity index (χ0v) is 4.55. The minimum atomic E-state index is -0.720. The van der Waals surface area contributed by atoms with Crippen molar-refractivity contribution in [3.63, 3.8) is 0 Å². The summed E-state index contributed by atoms with van der Waals surface area (Å²) in [4.78, 5) is 10.1. The van der Waals surface area contributed by atoms with E-state index in [1.165, 1.54) is 0 Å². The monoisotopic (exact) mass is 116 g/mol. The maximum Gasteiger partial charge on any atom is 0.320 e. The summed E-state index contributed by atoms with van der Waals surface area (Å²) in [6.07, 6.45) is 1.78. The van der Waals surface area contributed by atoms with Crippen molar-refractivity contribution in [2.45, 2.75) is 18.9 Å². The van der Waals surface area contributed by atoms with Gasteiger partial charge in [0.1, 0.15) is 6.04 Å². The molecule has 1 aliphatic heterocycles. The Hall–Kier alpha value is -0.570. The van der Waals surface area contributed by atoms with Gasteiger partial charge in [-0.1, -0.05) is 0 Å². The van der Waals surface area contributed by atoms with Crippen molar-refractivity contribution in [3.05, 3.63) is 0 Å². The average Bonchev–Trinajstić information content (AvgIpc) is 2.12. The number of carbonyl (C=O) groups is 1. The fourth-order valence-electron chi connectivity index (χ4n) is 0.895. The molecule has 0 amide bonds. The third-order valence-electron chi connectivity index (χ3n) is 1.36. The number of aliphatic carboxylic acids is 1. The molecule has 0 bridgehead atoms. The summed E-state index contributed by atoms with van der Waals surface area (Å²) in [7, 11) is 0. The highest BCUT2D eigenvalue weighted by atomic mass is 16.5. The predicted molar refractivity (Wildman–Crippen MR) is 28.7 cm³/mol. The quantitative estimate of drug-likeness (QED) is 0.467. The molecule has 0 radical (unpaired) electrons. The minimum absolute atomic E-state index is 0.269. The zero-order chi connectivity index (χ0) is 5.98. The molecule has 2 N–H and O–H groups in total. The maximum absolute atomic E-state index is 10.1. The summed E-state index contributed by atoms with van der Waals surface area (Å²) in [6, 6.07) is -0.269.